The Morgan fingerprint density at radius 3 is 2.87 bits per heavy atom. The van der Waals surface area contributed by atoms with E-state index in [9.17, 15) is 9.50 Å². The van der Waals surface area contributed by atoms with Gasteiger partial charge in [0.2, 0.25) is 0 Å². The predicted molar refractivity (Wildman–Crippen MR) is 55.5 cm³/mol. The van der Waals surface area contributed by atoms with Gasteiger partial charge >= 0.3 is 0 Å². The van der Waals surface area contributed by atoms with E-state index in [-0.39, 0.29) is 5.82 Å². The van der Waals surface area contributed by atoms with E-state index in [0.717, 1.165) is 24.0 Å². The lowest BCUT2D eigenvalue weighted by atomic mass is 9.96. The number of hydrogen-bond acceptors (Lipinski definition) is 2. The molecule has 1 heterocycles. The van der Waals surface area contributed by atoms with Crippen LogP contribution in [-0.4, -0.2) is 11.3 Å². The van der Waals surface area contributed by atoms with E-state index < -0.39 is 6.23 Å². The first-order chi connectivity index (χ1) is 7.25. The maximum atomic E-state index is 13.7. The smallest absolute Gasteiger partial charge is 0.173 e. The lowest BCUT2D eigenvalue weighted by Crippen LogP contribution is -2.10. The fraction of sp³-hybridized carbons (Fsp3) is 0.417. The highest BCUT2D eigenvalue weighted by Crippen LogP contribution is 2.42. The molecule has 3 rings (SSSR count). The van der Waals surface area contributed by atoms with Gasteiger partial charge in [-0.05, 0) is 36.0 Å². The second-order valence-electron chi connectivity index (χ2n) is 4.26. The molecule has 0 spiro atoms. The number of fused-ring (bicyclic) bond motifs is 1. The maximum absolute atomic E-state index is 13.7. The van der Waals surface area contributed by atoms with Gasteiger partial charge in [-0.1, -0.05) is 6.07 Å². The topological polar surface area (TPSA) is 32.6 Å². The Balaban J connectivity index is 2.11. The molecule has 0 bridgehead atoms. The second-order valence-corrected chi connectivity index (χ2v) is 4.26. The van der Waals surface area contributed by atoms with Crippen LogP contribution in [0, 0.1) is 5.82 Å². The fourth-order valence-electron chi connectivity index (χ4n) is 2.13. The van der Waals surface area contributed by atoms with Crippen molar-refractivity contribution in [2.45, 2.75) is 31.4 Å². The minimum Gasteiger partial charge on any atom is -0.368 e. The number of aliphatic imine (C=N–C) groups is 1. The molecule has 0 aromatic heterocycles. The molecular weight excluding hydrogens is 193 g/mol. The van der Waals surface area contributed by atoms with Crippen LogP contribution >= 0.6 is 0 Å². The molecule has 1 aliphatic heterocycles. The summed E-state index contributed by atoms with van der Waals surface area (Å²) in [5.41, 5.74) is 2.33. The summed E-state index contributed by atoms with van der Waals surface area (Å²) in [5, 5.41) is 9.55. The summed E-state index contributed by atoms with van der Waals surface area (Å²) < 4.78 is 13.7. The number of rotatable bonds is 1. The van der Waals surface area contributed by atoms with Crippen LogP contribution in [0.3, 0.4) is 0 Å². The van der Waals surface area contributed by atoms with Crippen LogP contribution in [0.5, 0.6) is 0 Å². The first-order valence-electron chi connectivity index (χ1n) is 5.27. The van der Waals surface area contributed by atoms with E-state index >= 15 is 0 Å². The van der Waals surface area contributed by atoms with Crippen molar-refractivity contribution in [3.05, 3.63) is 34.6 Å². The van der Waals surface area contributed by atoms with Crippen LogP contribution in [0.15, 0.2) is 17.1 Å². The average molecular weight is 205 g/mol. The SMILES string of the molecule is OC1N=CCc2cc(C3CC3)cc(F)c21. The third kappa shape index (κ3) is 1.47. The first-order valence-corrected chi connectivity index (χ1v) is 5.27. The predicted octanol–water partition coefficient (Wildman–Crippen LogP) is 2.32. The average Bonchev–Trinajstić information content (AvgIpc) is 3.00. The highest BCUT2D eigenvalue weighted by atomic mass is 19.1. The monoisotopic (exact) mass is 205 g/mol. The minimum atomic E-state index is -1.01. The van der Waals surface area contributed by atoms with Crippen molar-refractivity contribution in [2.75, 3.05) is 0 Å². The van der Waals surface area contributed by atoms with Gasteiger partial charge in [0.05, 0.1) is 0 Å². The summed E-state index contributed by atoms with van der Waals surface area (Å²) in [6, 6.07) is 3.57. The van der Waals surface area contributed by atoms with Gasteiger partial charge in [0.15, 0.2) is 6.23 Å². The molecular formula is C12H12FNO. The molecule has 2 nitrogen and oxygen atoms in total. The molecule has 1 fully saturated rings. The van der Waals surface area contributed by atoms with Gasteiger partial charge in [-0.3, -0.25) is 4.99 Å². The van der Waals surface area contributed by atoms with Crippen LogP contribution in [0.25, 0.3) is 0 Å². The van der Waals surface area contributed by atoms with Crippen molar-refractivity contribution >= 4 is 6.21 Å². The Labute approximate surface area is 87.5 Å². The van der Waals surface area contributed by atoms with Crippen LogP contribution < -0.4 is 0 Å². The zero-order valence-corrected chi connectivity index (χ0v) is 8.28. The van der Waals surface area contributed by atoms with Crippen LogP contribution in [0.4, 0.5) is 4.39 Å². The normalized spacial score (nSPS) is 24.0. The number of aliphatic hydroxyl groups is 1. The van der Waals surface area contributed by atoms with Crippen molar-refractivity contribution in [3.8, 4) is 0 Å². The zero-order valence-electron chi connectivity index (χ0n) is 8.28. The van der Waals surface area contributed by atoms with E-state index in [4.69, 9.17) is 0 Å². The van der Waals surface area contributed by atoms with E-state index in [0.29, 0.717) is 17.9 Å². The number of halogens is 1. The molecule has 1 N–H and O–H groups in total. The Bertz CT molecular complexity index is 437. The number of aliphatic hydroxyl groups excluding tert-OH is 1. The second kappa shape index (κ2) is 3.14. The Kier molecular flexibility index (Phi) is 1.89. The standard InChI is InChI=1S/C12H12FNO/c13-10-6-9(7-1-2-7)5-8-3-4-14-12(15)11(8)10/h4-7,12,15H,1-3H2. The van der Waals surface area contributed by atoms with Gasteiger partial charge in [-0.25, -0.2) is 4.39 Å². The Hall–Kier alpha value is -1.22. The van der Waals surface area contributed by atoms with Crippen molar-refractivity contribution < 1.29 is 9.50 Å². The number of benzene rings is 1. The van der Waals surface area contributed by atoms with Gasteiger partial charge in [-0.2, -0.15) is 0 Å². The third-order valence-electron chi connectivity index (χ3n) is 3.10. The quantitative estimate of drug-likeness (QED) is 0.749. The van der Waals surface area contributed by atoms with Crippen molar-refractivity contribution in [1.82, 2.24) is 0 Å². The van der Waals surface area contributed by atoms with Crippen molar-refractivity contribution in [1.29, 1.82) is 0 Å². The molecule has 2 aliphatic rings. The van der Waals surface area contributed by atoms with Crippen LogP contribution in [0.1, 0.15) is 41.7 Å². The molecule has 0 saturated heterocycles. The number of hydrogen-bond donors (Lipinski definition) is 1. The molecule has 15 heavy (non-hydrogen) atoms. The summed E-state index contributed by atoms with van der Waals surface area (Å²) in [6.45, 7) is 0. The lowest BCUT2D eigenvalue weighted by molar-refractivity contribution is 0.181. The summed E-state index contributed by atoms with van der Waals surface area (Å²) in [5.74, 6) is 0.236. The van der Waals surface area contributed by atoms with Crippen molar-refractivity contribution in [3.63, 3.8) is 0 Å². The summed E-state index contributed by atoms with van der Waals surface area (Å²) in [4.78, 5) is 3.81. The Morgan fingerprint density at radius 1 is 1.33 bits per heavy atom. The number of nitrogens with zero attached hydrogens (tertiary/aromatic N) is 1. The Morgan fingerprint density at radius 2 is 2.13 bits per heavy atom. The highest BCUT2D eigenvalue weighted by Gasteiger charge is 2.27. The van der Waals surface area contributed by atoms with E-state index in [1.165, 1.54) is 0 Å². The minimum absolute atomic E-state index is 0.307. The summed E-state index contributed by atoms with van der Waals surface area (Å²) in [6.07, 6.45) is 3.60. The molecule has 1 atom stereocenters. The van der Waals surface area contributed by atoms with Crippen LogP contribution in [-0.2, 0) is 6.42 Å². The molecule has 0 radical (unpaired) electrons. The molecule has 1 aromatic carbocycles. The molecule has 78 valence electrons. The maximum Gasteiger partial charge on any atom is 0.173 e. The fourth-order valence-corrected chi connectivity index (χ4v) is 2.13. The van der Waals surface area contributed by atoms with Gasteiger partial charge in [-0.15, -0.1) is 0 Å². The van der Waals surface area contributed by atoms with Crippen LogP contribution in [0.2, 0.25) is 0 Å². The summed E-state index contributed by atoms with van der Waals surface area (Å²) >= 11 is 0. The van der Waals surface area contributed by atoms with Crippen molar-refractivity contribution in [2.24, 2.45) is 4.99 Å². The van der Waals surface area contributed by atoms with Gasteiger partial charge < -0.3 is 5.11 Å². The molecule has 1 aromatic rings. The lowest BCUT2D eigenvalue weighted by Gasteiger charge is -2.17. The van der Waals surface area contributed by atoms with Gasteiger partial charge in [0.25, 0.3) is 0 Å². The molecule has 1 saturated carbocycles. The highest BCUT2D eigenvalue weighted by molar-refractivity contribution is 5.65. The molecule has 3 heteroatoms. The molecule has 1 aliphatic carbocycles. The molecule has 1 unspecified atom stereocenters. The van der Waals surface area contributed by atoms with Gasteiger partial charge in [0, 0.05) is 18.2 Å². The van der Waals surface area contributed by atoms with E-state index in [2.05, 4.69) is 4.99 Å². The molecule has 0 amide bonds. The first kappa shape index (κ1) is 9.04. The van der Waals surface area contributed by atoms with E-state index in [1.807, 2.05) is 6.07 Å². The third-order valence-corrected chi connectivity index (χ3v) is 3.10. The van der Waals surface area contributed by atoms with E-state index in [1.54, 1.807) is 12.3 Å². The van der Waals surface area contributed by atoms with Gasteiger partial charge in [0.1, 0.15) is 5.82 Å². The summed E-state index contributed by atoms with van der Waals surface area (Å²) in [7, 11) is 0. The zero-order chi connectivity index (χ0) is 10.4. The largest absolute Gasteiger partial charge is 0.368 e.